The lowest BCUT2D eigenvalue weighted by Gasteiger charge is -2.41. The number of hydrogen-bond acceptors (Lipinski definition) is 2. The lowest BCUT2D eigenvalue weighted by atomic mass is 9.62. The third-order valence-corrected chi connectivity index (χ3v) is 6.34. The molecule has 1 aliphatic heterocycles. The van der Waals surface area contributed by atoms with Gasteiger partial charge in [0.2, 0.25) is 0 Å². The van der Waals surface area contributed by atoms with Gasteiger partial charge in [-0.25, -0.2) is 0 Å². The second-order valence-corrected chi connectivity index (χ2v) is 6.60. The first-order chi connectivity index (χ1) is 9.10. The van der Waals surface area contributed by atoms with Crippen LogP contribution in [0.5, 0.6) is 0 Å². The molecule has 2 aliphatic carbocycles. The van der Waals surface area contributed by atoms with Crippen LogP contribution >= 0.6 is 0 Å². The minimum absolute atomic E-state index is 0.0307. The van der Waals surface area contributed by atoms with Crippen molar-refractivity contribution in [1.82, 2.24) is 0 Å². The van der Waals surface area contributed by atoms with Crippen molar-refractivity contribution in [2.75, 3.05) is 0 Å². The number of azo groups is 1. The number of nitrogens with zero attached hydrogens (tertiary/aromatic N) is 2. The van der Waals surface area contributed by atoms with Crippen molar-refractivity contribution >= 4 is 0 Å². The van der Waals surface area contributed by atoms with Gasteiger partial charge in [0, 0.05) is 17.3 Å². The summed E-state index contributed by atoms with van der Waals surface area (Å²) in [5.41, 5.74) is 1.28. The van der Waals surface area contributed by atoms with Crippen molar-refractivity contribution in [2.45, 2.75) is 38.3 Å². The highest BCUT2D eigenvalue weighted by atomic mass is 15.3. The summed E-state index contributed by atoms with van der Waals surface area (Å²) < 4.78 is 0. The molecule has 1 saturated carbocycles. The summed E-state index contributed by atoms with van der Waals surface area (Å²) >= 11 is 0. The molecule has 0 amide bonds. The molecule has 3 aliphatic rings. The van der Waals surface area contributed by atoms with Gasteiger partial charge in [0.25, 0.3) is 0 Å². The molecule has 2 nitrogen and oxygen atoms in total. The second-order valence-electron chi connectivity index (χ2n) is 6.60. The fourth-order valence-corrected chi connectivity index (χ4v) is 4.82. The van der Waals surface area contributed by atoms with Gasteiger partial charge >= 0.3 is 0 Å². The lowest BCUT2D eigenvalue weighted by molar-refractivity contribution is 0.138. The van der Waals surface area contributed by atoms with Crippen LogP contribution in [-0.4, -0.2) is 5.54 Å². The molecule has 1 fully saturated rings. The van der Waals surface area contributed by atoms with Crippen LogP contribution in [0.15, 0.2) is 52.7 Å². The highest BCUT2D eigenvalue weighted by Crippen LogP contribution is 2.74. The Morgan fingerprint density at radius 2 is 1.68 bits per heavy atom. The van der Waals surface area contributed by atoms with Gasteiger partial charge < -0.3 is 0 Å². The Morgan fingerprint density at radius 1 is 1.00 bits per heavy atom. The van der Waals surface area contributed by atoms with Gasteiger partial charge in [-0.05, 0) is 18.9 Å². The van der Waals surface area contributed by atoms with Gasteiger partial charge in [-0.1, -0.05) is 56.3 Å². The predicted octanol–water partition coefficient (Wildman–Crippen LogP) is 4.34. The Hall–Kier alpha value is -1.44. The van der Waals surface area contributed by atoms with Gasteiger partial charge in [0.15, 0.2) is 0 Å². The van der Waals surface area contributed by atoms with Gasteiger partial charge in [-0.15, -0.1) is 0 Å². The van der Waals surface area contributed by atoms with E-state index in [-0.39, 0.29) is 16.5 Å². The van der Waals surface area contributed by atoms with Crippen LogP contribution in [0.1, 0.15) is 32.8 Å². The first kappa shape index (κ1) is 11.4. The average molecular weight is 252 g/mol. The number of hydrogen-bond donors (Lipinski definition) is 0. The Morgan fingerprint density at radius 3 is 2.26 bits per heavy atom. The minimum Gasteiger partial charge on any atom is -0.185 e. The number of benzene rings is 1. The van der Waals surface area contributed by atoms with Crippen molar-refractivity contribution in [3.8, 4) is 0 Å². The monoisotopic (exact) mass is 252 g/mol. The summed E-state index contributed by atoms with van der Waals surface area (Å²) in [5.74, 6) is 1.09. The molecule has 98 valence electrons. The van der Waals surface area contributed by atoms with Crippen LogP contribution in [0, 0.1) is 17.3 Å². The summed E-state index contributed by atoms with van der Waals surface area (Å²) in [6.07, 6.45) is 5.82. The molecule has 1 aromatic rings. The van der Waals surface area contributed by atoms with Crippen molar-refractivity contribution in [3.63, 3.8) is 0 Å². The van der Waals surface area contributed by atoms with E-state index in [2.05, 4.69) is 63.3 Å². The molecule has 0 N–H and O–H groups in total. The predicted molar refractivity (Wildman–Crippen MR) is 75.9 cm³/mol. The standard InChI is InChI=1S/C17H20N2/c1-4-15(2)16(3)13-10-11-14(13)17(15,19-18-16)12-8-6-5-7-9-12/h5-11,13-14H,4H2,1-3H3/t13-,14-,15-,16+,17+/m1/s1. The van der Waals surface area contributed by atoms with E-state index in [9.17, 15) is 0 Å². The van der Waals surface area contributed by atoms with E-state index in [1.54, 1.807) is 0 Å². The average Bonchev–Trinajstić information content (AvgIpc) is 2.67. The minimum atomic E-state index is -0.142. The smallest absolute Gasteiger partial charge is 0.121 e. The molecular weight excluding hydrogens is 232 g/mol. The van der Waals surface area contributed by atoms with Crippen molar-refractivity contribution in [1.29, 1.82) is 0 Å². The summed E-state index contributed by atoms with van der Waals surface area (Å²) in [6, 6.07) is 10.8. The molecule has 19 heavy (non-hydrogen) atoms. The van der Waals surface area contributed by atoms with Gasteiger partial charge in [0.05, 0.1) is 5.54 Å². The largest absolute Gasteiger partial charge is 0.185 e. The van der Waals surface area contributed by atoms with Crippen molar-refractivity contribution < 1.29 is 0 Å². The van der Waals surface area contributed by atoms with Gasteiger partial charge in [-0.3, -0.25) is 0 Å². The maximum atomic E-state index is 4.86. The maximum absolute atomic E-state index is 4.86. The van der Waals surface area contributed by atoms with E-state index in [1.165, 1.54) is 5.56 Å². The molecule has 0 saturated heterocycles. The topological polar surface area (TPSA) is 24.7 Å². The Kier molecular flexibility index (Phi) is 1.90. The summed E-state index contributed by atoms with van der Waals surface area (Å²) in [7, 11) is 0. The molecule has 2 bridgehead atoms. The van der Waals surface area contributed by atoms with Gasteiger partial charge in [-0.2, -0.15) is 10.2 Å². The summed E-state index contributed by atoms with van der Waals surface area (Å²) in [4.78, 5) is 0. The van der Waals surface area contributed by atoms with Gasteiger partial charge in [0.1, 0.15) is 5.54 Å². The Labute approximate surface area is 114 Å². The number of fused-ring (bicyclic) bond motifs is 5. The van der Waals surface area contributed by atoms with E-state index in [4.69, 9.17) is 10.2 Å². The Balaban J connectivity index is 2.00. The molecule has 5 atom stereocenters. The molecule has 1 aromatic carbocycles. The summed E-state index contributed by atoms with van der Waals surface area (Å²) in [5, 5.41) is 9.62. The van der Waals surface area contributed by atoms with E-state index in [1.807, 2.05) is 0 Å². The highest BCUT2D eigenvalue weighted by Gasteiger charge is 2.77. The van der Waals surface area contributed by atoms with E-state index in [0.717, 1.165) is 6.42 Å². The zero-order chi connectivity index (χ0) is 13.3. The fraction of sp³-hybridized carbons (Fsp3) is 0.529. The van der Waals surface area contributed by atoms with Crippen LogP contribution in [0.25, 0.3) is 0 Å². The van der Waals surface area contributed by atoms with E-state index >= 15 is 0 Å². The molecular formula is C17H20N2. The molecule has 0 aromatic heterocycles. The molecule has 0 unspecified atom stereocenters. The molecule has 0 radical (unpaired) electrons. The third kappa shape index (κ3) is 0.926. The normalized spacial score (nSPS) is 49.2. The first-order valence-corrected chi connectivity index (χ1v) is 7.28. The lowest BCUT2D eigenvalue weighted by Crippen LogP contribution is -2.45. The third-order valence-electron chi connectivity index (χ3n) is 6.34. The molecule has 2 heteroatoms. The quantitative estimate of drug-likeness (QED) is 0.700. The SMILES string of the molecule is CC[C@]1(C)[C@@]2(C)N=N[C@@]1(c1ccccc1)[C@@H]1C=C[C@H]12. The molecule has 0 spiro atoms. The van der Waals surface area contributed by atoms with Crippen LogP contribution in [-0.2, 0) is 5.54 Å². The molecule has 4 rings (SSSR count). The fourth-order valence-electron chi connectivity index (χ4n) is 4.82. The van der Waals surface area contributed by atoms with E-state index in [0.29, 0.717) is 11.8 Å². The van der Waals surface area contributed by atoms with Crippen LogP contribution in [0.3, 0.4) is 0 Å². The van der Waals surface area contributed by atoms with Crippen molar-refractivity contribution in [3.05, 3.63) is 48.0 Å². The zero-order valence-electron chi connectivity index (χ0n) is 11.8. The Bertz CT molecular complexity index is 591. The van der Waals surface area contributed by atoms with Crippen molar-refractivity contribution in [2.24, 2.45) is 27.5 Å². The summed E-state index contributed by atoms with van der Waals surface area (Å²) in [6.45, 7) is 6.98. The van der Waals surface area contributed by atoms with Crippen LogP contribution in [0.2, 0.25) is 0 Å². The van der Waals surface area contributed by atoms with Crippen LogP contribution < -0.4 is 0 Å². The number of rotatable bonds is 2. The van der Waals surface area contributed by atoms with Crippen LogP contribution in [0.4, 0.5) is 0 Å². The maximum Gasteiger partial charge on any atom is 0.121 e. The van der Waals surface area contributed by atoms with E-state index < -0.39 is 0 Å². The zero-order valence-corrected chi connectivity index (χ0v) is 11.8. The first-order valence-electron chi connectivity index (χ1n) is 7.28. The highest BCUT2D eigenvalue weighted by molar-refractivity contribution is 5.45. The second kappa shape index (κ2) is 3.17. The molecule has 1 heterocycles.